The van der Waals surface area contributed by atoms with Gasteiger partial charge in [-0.2, -0.15) is 0 Å². The van der Waals surface area contributed by atoms with Crippen LogP contribution in [-0.4, -0.2) is 59.6 Å². The Hall–Kier alpha value is -0.810. The summed E-state index contributed by atoms with van der Waals surface area (Å²) in [6, 6.07) is 0.669. The quantitative estimate of drug-likeness (QED) is 0.247. The van der Waals surface area contributed by atoms with Gasteiger partial charge in [0.15, 0.2) is 0 Å². The summed E-state index contributed by atoms with van der Waals surface area (Å²) in [4.78, 5) is 5.10. The molecule has 118 valence electrons. The van der Waals surface area contributed by atoms with Gasteiger partial charge in [0, 0.05) is 31.1 Å². The minimum atomic E-state index is -0.205. The van der Waals surface area contributed by atoms with Gasteiger partial charge in [0.25, 0.3) is 0 Å². The molecule has 1 unspecified atom stereocenters. The molecule has 1 aliphatic rings. The number of piperazine rings is 1. The van der Waals surface area contributed by atoms with Crippen molar-refractivity contribution in [3.05, 3.63) is 0 Å². The number of nitrogens with zero attached hydrogens (tertiary/aromatic N) is 3. The normalized spacial score (nSPS) is 23.2. The Kier molecular flexibility index (Phi) is 6.76. The van der Waals surface area contributed by atoms with Gasteiger partial charge in [-0.25, -0.2) is 0 Å². The average Bonchev–Trinajstić information content (AvgIpc) is 2.42. The summed E-state index contributed by atoms with van der Waals surface area (Å²) in [7, 11) is 0. The number of amidine groups is 1. The Morgan fingerprint density at radius 1 is 1.35 bits per heavy atom. The third-order valence-electron chi connectivity index (χ3n) is 4.58. The molecular weight excluding hydrogens is 252 g/mol. The van der Waals surface area contributed by atoms with Gasteiger partial charge < -0.3 is 15.8 Å². The summed E-state index contributed by atoms with van der Waals surface area (Å²) in [5.74, 6) is 0.336. The Balaban J connectivity index is 2.22. The van der Waals surface area contributed by atoms with Gasteiger partial charge in [0.05, 0.1) is 0 Å². The van der Waals surface area contributed by atoms with Crippen molar-refractivity contribution in [3.63, 3.8) is 0 Å². The van der Waals surface area contributed by atoms with Crippen molar-refractivity contribution in [1.29, 1.82) is 0 Å². The van der Waals surface area contributed by atoms with Gasteiger partial charge >= 0.3 is 0 Å². The highest BCUT2D eigenvalue weighted by Gasteiger charge is 2.24. The summed E-state index contributed by atoms with van der Waals surface area (Å²) in [6.45, 7) is 14.5. The van der Waals surface area contributed by atoms with Gasteiger partial charge in [0.1, 0.15) is 5.84 Å². The van der Waals surface area contributed by atoms with Crippen LogP contribution in [0.15, 0.2) is 5.16 Å². The van der Waals surface area contributed by atoms with E-state index in [4.69, 9.17) is 10.9 Å². The number of hydrogen-bond donors (Lipinski definition) is 2. The molecule has 1 saturated heterocycles. The molecule has 0 radical (unpaired) electrons. The zero-order valence-electron chi connectivity index (χ0n) is 13.6. The highest BCUT2D eigenvalue weighted by Crippen LogP contribution is 2.23. The molecule has 5 heteroatoms. The topological polar surface area (TPSA) is 65.1 Å². The molecule has 1 rings (SSSR count). The van der Waals surface area contributed by atoms with Crippen LogP contribution >= 0.6 is 0 Å². The van der Waals surface area contributed by atoms with Crippen molar-refractivity contribution >= 4 is 5.84 Å². The Morgan fingerprint density at radius 2 is 2.05 bits per heavy atom. The van der Waals surface area contributed by atoms with E-state index in [0.717, 1.165) is 25.9 Å². The smallest absolute Gasteiger partial charge is 0.144 e. The van der Waals surface area contributed by atoms with Crippen LogP contribution in [0.3, 0.4) is 0 Å². The second kappa shape index (κ2) is 7.84. The SMILES string of the molecule is CCN1CCN(CCCCC(C)(C)C(N)=NO)CC1C. The van der Waals surface area contributed by atoms with Crippen molar-refractivity contribution in [2.45, 2.75) is 53.0 Å². The minimum Gasteiger partial charge on any atom is -0.409 e. The lowest BCUT2D eigenvalue weighted by Gasteiger charge is -2.39. The second-order valence-corrected chi connectivity index (χ2v) is 6.60. The van der Waals surface area contributed by atoms with Crippen LogP contribution in [0.25, 0.3) is 0 Å². The Labute approximate surface area is 123 Å². The Morgan fingerprint density at radius 3 is 2.60 bits per heavy atom. The molecule has 5 nitrogen and oxygen atoms in total. The average molecular weight is 284 g/mol. The number of nitrogens with two attached hydrogens (primary N) is 1. The van der Waals surface area contributed by atoms with Crippen LogP contribution in [0, 0.1) is 5.41 Å². The van der Waals surface area contributed by atoms with Gasteiger partial charge in [-0.3, -0.25) is 4.90 Å². The van der Waals surface area contributed by atoms with Crippen LogP contribution in [0.1, 0.15) is 47.0 Å². The fourth-order valence-electron chi connectivity index (χ4n) is 2.91. The molecule has 1 atom stereocenters. The molecular formula is C15H32N4O. The van der Waals surface area contributed by atoms with Gasteiger partial charge in [-0.1, -0.05) is 32.3 Å². The third-order valence-corrected chi connectivity index (χ3v) is 4.58. The van der Waals surface area contributed by atoms with E-state index in [1.54, 1.807) is 0 Å². The van der Waals surface area contributed by atoms with Crippen molar-refractivity contribution in [3.8, 4) is 0 Å². The summed E-state index contributed by atoms with van der Waals surface area (Å²) in [5, 5.41) is 11.9. The second-order valence-electron chi connectivity index (χ2n) is 6.60. The van der Waals surface area contributed by atoms with Crippen LogP contribution in [-0.2, 0) is 0 Å². The number of rotatable bonds is 7. The molecule has 0 aromatic heterocycles. The van der Waals surface area contributed by atoms with Gasteiger partial charge in [0.2, 0.25) is 0 Å². The fourth-order valence-corrected chi connectivity index (χ4v) is 2.91. The summed E-state index contributed by atoms with van der Waals surface area (Å²) < 4.78 is 0. The lowest BCUT2D eigenvalue weighted by atomic mass is 9.86. The van der Waals surface area contributed by atoms with E-state index in [1.807, 2.05) is 13.8 Å². The maximum atomic E-state index is 8.76. The molecule has 0 spiro atoms. The number of likely N-dealkylation sites (N-methyl/N-ethyl adjacent to an activating group) is 1. The largest absolute Gasteiger partial charge is 0.409 e. The summed E-state index contributed by atoms with van der Waals surface area (Å²) in [6.07, 6.45) is 3.26. The molecule has 0 bridgehead atoms. The van der Waals surface area contributed by atoms with Crippen LogP contribution < -0.4 is 5.73 Å². The standard InChI is InChI=1S/C15H32N4O/c1-5-19-11-10-18(12-13(19)2)9-7-6-8-15(3,4)14(16)17-20/h13,20H,5-12H2,1-4H3,(H2,16,17). The third kappa shape index (κ3) is 4.94. The van der Waals surface area contributed by atoms with Crippen molar-refractivity contribution in [2.75, 3.05) is 32.7 Å². The molecule has 1 heterocycles. The van der Waals surface area contributed by atoms with Crippen molar-refractivity contribution in [1.82, 2.24) is 9.80 Å². The van der Waals surface area contributed by atoms with E-state index in [0.29, 0.717) is 11.9 Å². The van der Waals surface area contributed by atoms with E-state index in [1.165, 1.54) is 26.1 Å². The first-order valence-corrected chi connectivity index (χ1v) is 7.85. The first-order chi connectivity index (χ1) is 9.40. The molecule has 1 aliphatic heterocycles. The first kappa shape index (κ1) is 17.2. The predicted molar refractivity (Wildman–Crippen MR) is 84.2 cm³/mol. The lowest BCUT2D eigenvalue weighted by Crippen LogP contribution is -2.51. The van der Waals surface area contributed by atoms with Crippen LogP contribution in [0.4, 0.5) is 0 Å². The Bertz CT molecular complexity index is 317. The van der Waals surface area contributed by atoms with E-state index in [2.05, 4.69) is 28.8 Å². The number of oxime groups is 1. The molecule has 0 amide bonds. The maximum Gasteiger partial charge on any atom is 0.144 e. The minimum absolute atomic E-state index is 0.205. The number of unbranched alkanes of at least 4 members (excludes halogenated alkanes) is 1. The molecule has 1 fully saturated rings. The molecule has 0 aromatic rings. The maximum absolute atomic E-state index is 8.76. The number of hydrogen-bond acceptors (Lipinski definition) is 4. The van der Waals surface area contributed by atoms with Crippen molar-refractivity contribution < 1.29 is 5.21 Å². The molecule has 0 aromatic carbocycles. The van der Waals surface area contributed by atoms with Crippen LogP contribution in [0.5, 0.6) is 0 Å². The molecule has 20 heavy (non-hydrogen) atoms. The highest BCUT2D eigenvalue weighted by molar-refractivity contribution is 5.85. The summed E-state index contributed by atoms with van der Waals surface area (Å²) in [5.41, 5.74) is 5.50. The van der Waals surface area contributed by atoms with Crippen LogP contribution in [0.2, 0.25) is 0 Å². The van der Waals surface area contributed by atoms with E-state index < -0.39 is 0 Å². The highest BCUT2D eigenvalue weighted by atomic mass is 16.4. The van der Waals surface area contributed by atoms with Gasteiger partial charge in [-0.15, -0.1) is 0 Å². The van der Waals surface area contributed by atoms with Crippen molar-refractivity contribution in [2.24, 2.45) is 16.3 Å². The van der Waals surface area contributed by atoms with Gasteiger partial charge in [-0.05, 0) is 32.9 Å². The fraction of sp³-hybridized carbons (Fsp3) is 0.933. The molecule has 3 N–H and O–H groups in total. The first-order valence-electron chi connectivity index (χ1n) is 7.85. The van der Waals surface area contributed by atoms with E-state index in [9.17, 15) is 0 Å². The predicted octanol–water partition coefficient (Wildman–Crippen LogP) is 1.96. The lowest BCUT2D eigenvalue weighted by molar-refractivity contribution is 0.0865. The monoisotopic (exact) mass is 284 g/mol. The summed E-state index contributed by atoms with van der Waals surface area (Å²) >= 11 is 0. The molecule has 0 aliphatic carbocycles. The molecule has 0 saturated carbocycles. The zero-order valence-corrected chi connectivity index (χ0v) is 13.6. The van der Waals surface area contributed by atoms with E-state index >= 15 is 0 Å². The van der Waals surface area contributed by atoms with E-state index in [-0.39, 0.29) is 5.41 Å². The zero-order chi connectivity index (χ0) is 15.2.